The van der Waals surface area contributed by atoms with Gasteiger partial charge in [-0.3, -0.25) is 14.8 Å². The van der Waals surface area contributed by atoms with Crippen molar-refractivity contribution in [3.8, 4) is 0 Å². The van der Waals surface area contributed by atoms with Gasteiger partial charge in [-0.1, -0.05) is 0 Å². The zero-order valence-corrected chi connectivity index (χ0v) is 13.4. The number of rotatable bonds is 3. The minimum atomic E-state index is -0.200. The van der Waals surface area contributed by atoms with Crippen LogP contribution < -0.4 is 4.90 Å². The largest absolute Gasteiger partial charge is 0.369 e. The lowest BCUT2D eigenvalue weighted by Crippen LogP contribution is -2.64. The third-order valence-corrected chi connectivity index (χ3v) is 4.90. The first-order chi connectivity index (χ1) is 11.7. The third-order valence-electron chi connectivity index (χ3n) is 4.90. The highest BCUT2D eigenvalue weighted by Crippen LogP contribution is 2.22. The molecule has 7 heteroatoms. The minimum absolute atomic E-state index is 0.0219. The fraction of sp³-hybridized carbons (Fsp3) is 0.412. The molecule has 2 aromatic rings. The van der Waals surface area contributed by atoms with Gasteiger partial charge < -0.3 is 9.80 Å². The maximum absolute atomic E-state index is 13.0. The maximum Gasteiger partial charge on any atom is 0.271 e. The van der Waals surface area contributed by atoms with Crippen LogP contribution >= 0.6 is 0 Å². The number of hydrogen-bond donors (Lipinski definition) is 1. The molecule has 126 valence electrons. The molecule has 0 bridgehead atoms. The van der Waals surface area contributed by atoms with E-state index >= 15 is 0 Å². The smallest absolute Gasteiger partial charge is 0.271 e. The molecule has 0 unspecified atom stereocenters. The van der Waals surface area contributed by atoms with E-state index in [0.29, 0.717) is 11.7 Å². The van der Waals surface area contributed by atoms with Crippen LogP contribution in [0.4, 0.5) is 10.1 Å². The molecule has 0 saturated carbocycles. The molecule has 1 N–H and O–H groups in total. The second-order valence-electron chi connectivity index (χ2n) is 6.33. The lowest BCUT2D eigenvalue weighted by atomic mass is 10.1. The van der Waals surface area contributed by atoms with Crippen molar-refractivity contribution in [1.82, 2.24) is 20.0 Å². The number of nitrogens with one attached hydrogen (secondary N) is 1. The Hall–Kier alpha value is -2.41. The van der Waals surface area contributed by atoms with Gasteiger partial charge in [-0.2, -0.15) is 5.10 Å². The second-order valence-corrected chi connectivity index (χ2v) is 6.33. The van der Waals surface area contributed by atoms with Gasteiger partial charge in [-0.15, -0.1) is 0 Å². The fourth-order valence-electron chi connectivity index (χ4n) is 3.39. The molecule has 2 saturated heterocycles. The van der Waals surface area contributed by atoms with Crippen LogP contribution in [0.5, 0.6) is 0 Å². The maximum atomic E-state index is 13.0. The molecule has 6 nitrogen and oxygen atoms in total. The van der Waals surface area contributed by atoms with Crippen LogP contribution in [0.25, 0.3) is 0 Å². The van der Waals surface area contributed by atoms with Gasteiger partial charge in [-0.25, -0.2) is 4.39 Å². The van der Waals surface area contributed by atoms with Crippen molar-refractivity contribution in [2.24, 2.45) is 0 Å². The number of amides is 1. The first-order valence-electron chi connectivity index (χ1n) is 8.24. The lowest BCUT2D eigenvalue weighted by molar-refractivity contribution is 0.0242. The Kier molecular flexibility index (Phi) is 3.93. The van der Waals surface area contributed by atoms with Crippen molar-refractivity contribution in [1.29, 1.82) is 0 Å². The molecule has 3 heterocycles. The Balaban J connectivity index is 1.27. The fourth-order valence-corrected chi connectivity index (χ4v) is 3.39. The summed E-state index contributed by atoms with van der Waals surface area (Å²) in [6.45, 7) is 5.33. The number of anilines is 1. The number of carbonyl (C=O) groups excluding carboxylic acids is 1. The molecule has 0 aliphatic carbocycles. The van der Waals surface area contributed by atoms with Crippen molar-refractivity contribution < 1.29 is 9.18 Å². The normalized spacial score (nSPS) is 19.4. The first-order valence-corrected chi connectivity index (χ1v) is 8.24. The predicted octanol–water partition coefficient (Wildman–Crippen LogP) is 1.20. The number of aromatic nitrogens is 2. The van der Waals surface area contributed by atoms with Crippen molar-refractivity contribution in [3.63, 3.8) is 0 Å². The summed E-state index contributed by atoms with van der Waals surface area (Å²) in [5.41, 5.74) is 1.62. The number of hydrogen-bond acceptors (Lipinski definition) is 4. The Labute approximate surface area is 139 Å². The standard InChI is InChI=1S/C17H20FN5O/c18-13-1-3-14(4-2-13)21-7-9-22(10-8-21)15-11-23(12-15)17(24)16-5-6-19-20-16/h1-6,15H,7-12H2,(H,19,20). The molecule has 0 spiro atoms. The quantitative estimate of drug-likeness (QED) is 0.919. The Morgan fingerprint density at radius 2 is 1.79 bits per heavy atom. The highest BCUT2D eigenvalue weighted by molar-refractivity contribution is 5.92. The topological polar surface area (TPSA) is 55.5 Å². The predicted molar refractivity (Wildman–Crippen MR) is 88.5 cm³/mol. The number of carbonyl (C=O) groups is 1. The first kappa shape index (κ1) is 15.1. The summed E-state index contributed by atoms with van der Waals surface area (Å²) >= 11 is 0. The van der Waals surface area contributed by atoms with Gasteiger partial charge in [0.25, 0.3) is 5.91 Å². The Morgan fingerprint density at radius 1 is 1.08 bits per heavy atom. The second kappa shape index (κ2) is 6.24. The molecule has 0 radical (unpaired) electrons. The van der Waals surface area contributed by atoms with Crippen LogP contribution in [-0.4, -0.2) is 71.2 Å². The van der Waals surface area contributed by atoms with Gasteiger partial charge in [0.1, 0.15) is 11.5 Å². The minimum Gasteiger partial charge on any atom is -0.369 e. The van der Waals surface area contributed by atoms with E-state index in [0.717, 1.165) is 45.0 Å². The van der Waals surface area contributed by atoms with E-state index in [1.807, 2.05) is 17.0 Å². The Bertz CT molecular complexity index is 688. The number of likely N-dealkylation sites (tertiary alicyclic amines) is 1. The van der Waals surface area contributed by atoms with Crippen LogP contribution in [0.1, 0.15) is 10.5 Å². The Morgan fingerprint density at radius 3 is 2.42 bits per heavy atom. The summed E-state index contributed by atoms with van der Waals surface area (Å²) in [6.07, 6.45) is 1.60. The van der Waals surface area contributed by atoms with E-state index in [4.69, 9.17) is 0 Å². The average molecular weight is 329 g/mol. The van der Waals surface area contributed by atoms with Crippen molar-refractivity contribution >= 4 is 11.6 Å². The lowest BCUT2D eigenvalue weighted by Gasteiger charge is -2.48. The van der Waals surface area contributed by atoms with Gasteiger partial charge in [0.2, 0.25) is 0 Å². The summed E-state index contributed by atoms with van der Waals surface area (Å²) in [5, 5.41) is 6.54. The number of piperazine rings is 1. The van der Waals surface area contributed by atoms with Gasteiger partial charge in [0.05, 0.1) is 0 Å². The van der Waals surface area contributed by atoms with E-state index in [2.05, 4.69) is 20.0 Å². The average Bonchev–Trinajstić information content (AvgIpc) is 3.09. The number of benzene rings is 1. The number of H-pyrrole nitrogens is 1. The summed E-state index contributed by atoms with van der Waals surface area (Å²) < 4.78 is 13.0. The molecule has 24 heavy (non-hydrogen) atoms. The number of aromatic amines is 1. The number of nitrogens with zero attached hydrogens (tertiary/aromatic N) is 4. The molecule has 4 rings (SSSR count). The summed E-state index contributed by atoms with van der Waals surface area (Å²) in [6, 6.07) is 8.82. The van der Waals surface area contributed by atoms with Crippen LogP contribution in [0, 0.1) is 5.82 Å². The molecular weight excluding hydrogens is 309 g/mol. The molecule has 1 aromatic heterocycles. The van der Waals surface area contributed by atoms with Crippen LogP contribution in [0.3, 0.4) is 0 Å². The van der Waals surface area contributed by atoms with Crippen molar-refractivity contribution in [2.75, 3.05) is 44.2 Å². The summed E-state index contributed by atoms with van der Waals surface area (Å²) in [5.74, 6) is -0.178. The summed E-state index contributed by atoms with van der Waals surface area (Å²) in [4.78, 5) is 18.8. The van der Waals surface area contributed by atoms with E-state index in [1.165, 1.54) is 12.1 Å². The van der Waals surface area contributed by atoms with Crippen molar-refractivity contribution in [2.45, 2.75) is 6.04 Å². The van der Waals surface area contributed by atoms with Gasteiger partial charge >= 0.3 is 0 Å². The molecule has 2 fully saturated rings. The molecule has 2 aliphatic heterocycles. The highest BCUT2D eigenvalue weighted by atomic mass is 19.1. The SMILES string of the molecule is O=C(c1ccn[nH]1)N1CC(N2CCN(c3ccc(F)cc3)CC2)C1. The van der Waals surface area contributed by atoms with E-state index in [-0.39, 0.29) is 11.7 Å². The molecular formula is C17H20FN5O. The van der Waals surface area contributed by atoms with Crippen LogP contribution in [0.15, 0.2) is 36.5 Å². The third kappa shape index (κ3) is 2.87. The monoisotopic (exact) mass is 329 g/mol. The molecule has 2 aliphatic rings. The molecule has 0 atom stereocenters. The van der Waals surface area contributed by atoms with Gasteiger partial charge in [-0.05, 0) is 30.3 Å². The van der Waals surface area contributed by atoms with E-state index in [1.54, 1.807) is 12.3 Å². The van der Waals surface area contributed by atoms with Crippen LogP contribution in [0.2, 0.25) is 0 Å². The van der Waals surface area contributed by atoms with E-state index < -0.39 is 0 Å². The zero-order valence-electron chi connectivity index (χ0n) is 13.4. The number of halogens is 1. The summed E-state index contributed by atoms with van der Waals surface area (Å²) in [7, 11) is 0. The van der Waals surface area contributed by atoms with Gasteiger partial charge in [0.15, 0.2) is 0 Å². The zero-order chi connectivity index (χ0) is 16.5. The highest BCUT2D eigenvalue weighted by Gasteiger charge is 2.36. The van der Waals surface area contributed by atoms with E-state index in [9.17, 15) is 9.18 Å². The van der Waals surface area contributed by atoms with Gasteiger partial charge in [0, 0.05) is 57.2 Å². The van der Waals surface area contributed by atoms with Crippen molar-refractivity contribution in [3.05, 3.63) is 48.0 Å². The molecule has 1 amide bonds. The molecule has 1 aromatic carbocycles. The van der Waals surface area contributed by atoms with Crippen LogP contribution in [-0.2, 0) is 0 Å².